The lowest BCUT2D eigenvalue weighted by atomic mass is 10.1. The molecule has 2 N–H and O–H groups in total. The highest BCUT2D eigenvalue weighted by molar-refractivity contribution is 6.05. The van der Waals surface area contributed by atoms with Gasteiger partial charge in [-0.05, 0) is 12.1 Å². The molecule has 0 aliphatic rings. The van der Waals surface area contributed by atoms with Crippen LogP contribution in [0.3, 0.4) is 0 Å². The summed E-state index contributed by atoms with van der Waals surface area (Å²) in [4.78, 5) is 28.1. The van der Waals surface area contributed by atoms with Crippen molar-refractivity contribution in [3.05, 3.63) is 58.4 Å². The van der Waals surface area contributed by atoms with Gasteiger partial charge in [0.2, 0.25) is 11.2 Å². The van der Waals surface area contributed by atoms with Gasteiger partial charge in [-0.3, -0.25) is 9.59 Å². The minimum Gasteiger partial charge on any atom is -0.493 e. The second kappa shape index (κ2) is 7.18. The summed E-state index contributed by atoms with van der Waals surface area (Å²) in [5, 5.41) is 3.14. The first kappa shape index (κ1) is 17.3. The van der Waals surface area contributed by atoms with E-state index in [0.29, 0.717) is 33.8 Å². The van der Waals surface area contributed by atoms with Gasteiger partial charge in [0.05, 0.1) is 21.3 Å². The quantitative estimate of drug-likeness (QED) is 0.735. The van der Waals surface area contributed by atoms with E-state index in [-0.39, 0.29) is 11.0 Å². The maximum atomic E-state index is 12.6. The number of H-pyrrole nitrogens is 1. The molecule has 134 valence electrons. The van der Waals surface area contributed by atoms with E-state index in [1.54, 1.807) is 30.3 Å². The Morgan fingerprint density at radius 2 is 1.65 bits per heavy atom. The molecule has 7 nitrogen and oxygen atoms in total. The van der Waals surface area contributed by atoms with Gasteiger partial charge in [0.15, 0.2) is 11.5 Å². The van der Waals surface area contributed by atoms with Gasteiger partial charge < -0.3 is 24.5 Å². The van der Waals surface area contributed by atoms with Gasteiger partial charge in [0, 0.05) is 34.9 Å². The van der Waals surface area contributed by atoms with Gasteiger partial charge in [0.25, 0.3) is 5.91 Å². The number of aromatic amines is 1. The number of para-hydroxylation sites is 1. The molecule has 0 fully saturated rings. The number of rotatable bonds is 5. The summed E-state index contributed by atoms with van der Waals surface area (Å²) in [7, 11) is 4.46. The number of carbonyl (C=O) groups is 1. The molecular weight excluding hydrogens is 336 g/mol. The predicted molar refractivity (Wildman–Crippen MR) is 98.6 cm³/mol. The molecule has 0 unspecified atom stereocenters. The van der Waals surface area contributed by atoms with Gasteiger partial charge in [-0.2, -0.15) is 0 Å². The summed E-state index contributed by atoms with van der Waals surface area (Å²) in [6, 6.07) is 10.2. The van der Waals surface area contributed by atoms with Crippen LogP contribution in [0.5, 0.6) is 17.2 Å². The van der Waals surface area contributed by atoms with Crippen LogP contribution in [0, 0.1) is 0 Å². The fraction of sp³-hybridized carbons (Fsp3) is 0.158. The zero-order valence-electron chi connectivity index (χ0n) is 14.6. The zero-order chi connectivity index (χ0) is 18.7. The molecule has 26 heavy (non-hydrogen) atoms. The van der Waals surface area contributed by atoms with E-state index >= 15 is 0 Å². The summed E-state index contributed by atoms with van der Waals surface area (Å²) < 4.78 is 15.8. The number of hydrogen-bond acceptors (Lipinski definition) is 5. The summed E-state index contributed by atoms with van der Waals surface area (Å²) in [6.07, 6.45) is 1.40. The third-order valence-corrected chi connectivity index (χ3v) is 3.96. The van der Waals surface area contributed by atoms with E-state index in [1.165, 1.54) is 27.5 Å². The third kappa shape index (κ3) is 3.06. The minimum absolute atomic E-state index is 0.0115. The monoisotopic (exact) mass is 354 g/mol. The van der Waals surface area contributed by atoms with Gasteiger partial charge >= 0.3 is 0 Å². The molecular formula is C19H18N2O5. The molecule has 0 saturated heterocycles. The van der Waals surface area contributed by atoms with Crippen LogP contribution >= 0.6 is 0 Å². The first-order chi connectivity index (χ1) is 12.6. The molecule has 0 bridgehead atoms. The Morgan fingerprint density at radius 1 is 1.00 bits per heavy atom. The van der Waals surface area contributed by atoms with E-state index in [0.717, 1.165) is 0 Å². The molecule has 0 aliphatic carbocycles. The van der Waals surface area contributed by atoms with Crippen molar-refractivity contribution in [3.8, 4) is 17.2 Å². The molecule has 1 amide bonds. The molecule has 0 aliphatic heterocycles. The molecule has 0 saturated carbocycles. The topological polar surface area (TPSA) is 89.7 Å². The first-order valence-electron chi connectivity index (χ1n) is 7.80. The smallest absolute Gasteiger partial charge is 0.261 e. The van der Waals surface area contributed by atoms with Crippen LogP contribution < -0.4 is 25.0 Å². The highest BCUT2D eigenvalue weighted by atomic mass is 16.5. The van der Waals surface area contributed by atoms with E-state index in [4.69, 9.17) is 14.2 Å². The van der Waals surface area contributed by atoms with Crippen LogP contribution in [-0.2, 0) is 0 Å². The van der Waals surface area contributed by atoms with Crippen LogP contribution in [0.25, 0.3) is 10.9 Å². The Labute approximate surface area is 149 Å². The second-order valence-electron chi connectivity index (χ2n) is 5.45. The number of pyridine rings is 1. The third-order valence-electron chi connectivity index (χ3n) is 3.96. The van der Waals surface area contributed by atoms with Crippen molar-refractivity contribution in [1.29, 1.82) is 0 Å². The lowest BCUT2D eigenvalue weighted by Gasteiger charge is -2.14. The van der Waals surface area contributed by atoms with Crippen molar-refractivity contribution in [2.45, 2.75) is 0 Å². The van der Waals surface area contributed by atoms with Crippen LogP contribution in [-0.4, -0.2) is 32.2 Å². The fourth-order valence-electron chi connectivity index (χ4n) is 2.69. The molecule has 0 atom stereocenters. The van der Waals surface area contributed by atoms with Crippen molar-refractivity contribution in [3.63, 3.8) is 0 Å². The highest BCUT2D eigenvalue weighted by Crippen LogP contribution is 2.39. The van der Waals surface area contributed by atoms with E-state index < -0.39 is 5.91 Å². The first-order valence-corrected chi connectivity index (χ1v) is 7.80. The number of benzene rings is 2. The maximum absolute atomic E-state index is 12.6. The Balaban J connectivity index is 1.98. The van der Waals surface area contributed by atoms with Gasteiger partial charge in [-0.1, -0.05) is 12.1 Å². The van der Waals surface area contributed by atoms with Crippen molar-refractivity contribution in [1.82, 2.24) is 4.98 Å². The number of carbonyl (C=O) groups excluding carboxylic acids is 1. The van der Waals surface area contributed by atoms with Crippen LogP contribution in [0.15, 0.2) is 47.4 Å². The second-order valence-corrected chi connectivity index (χ2v) is 5.45. The van der Waals surface area contributed by atoms with E-state index in [2.05, 4.69) is 10.3 Å². The minimum atomic E-state index is -0.536. The van der Waals surface area contributed by atoms with E-state index in [1.807, 2.05) is 6.07 Å². The van der Waals surface area contributed by atoms with Gasteiger partial charge in [-0.15, -0.1) is 0 Å². The molecule has 1 heterocycles. The number of anilines is 1. The molecule has 0 spiro atoms. The standard InChI is InChI=1S/C19H18N2O5/c1-24-15-8-11(9-16(25-2)18(15)26-3)21-19(23)13-10-20-14-7-5-4-6-12(14)17(13)22/h4-10H,1-3H3,(H,20,22)(H,21,23). The molecule has 7 heteroatoms. The summed E-state index contributed by atoms with van der Waals surface area (Å²) in [5.74, 6) is 0.673. The summed E-state index contributed by atoms with van der Waals surface area (Å²) >= 11 is 0. The molecule has 3 rings (SSSR count). The number of nitrogens with one attached hydrogen (secondary N) is 2. The van der Waals surface area contributed by atoms with Crippen molar-refractivity contribution < 1.29 is 19.0 Å². The van der Waals surface area contributed by atoms with E-state index in [9.17, 15) is 9.59 Å². The Kier molecular flexibility index (Phi) is 4.79. The van der Waals surface area contributed by atoms with Crippen LogP contribution in [0.4, 0.5) is 5.69 Å². The number of fused-ring (bicyclic) bond motifs is 1. The number of methoxy groups -OCH3 is 3. The average Bonchev–Trinajstić information content (AvgIpc) is 2.67. The Bertz CT molecular complexity index is 1000. The van der Waals surface area contributed by atoms with Gasteiger partial charge in [-0.25, -0.2) is 0 Å². The van der Waals surface area contributed by atoms with Crippen molar-refractivity contribution in [2.24, 2.45) is 0 Å². The highest BCUT2D eigenvalue weighted by Gasteiger charge is 2.17. The fourth-order valence-corrected chi connectivity index (χ4v) is 2.69. The lowest BCUT2D eigenvalue weighted by molar-refractivity contribution is 0.102. The summed E-state index contributed by atoms with van der Waals surface area (Å²) in [5.41, 5.74) is 0.751. The summed E-state index contributed by atoms with van der Waals surface area (Å²) in [6.45, 7) is 0. The maximum Gasteiger partial charge on any atom is 0.261 e. The largest absolute Gasteiger partial charge is 0.493 e. The molecule has 0 radical (unpaired) electrons. The number of hydrogen-bond donors (Lipinski definition) is 2. The average molecular weight is 354 g/mol. The van der Waals surface area contributed by atoms with Crippen LogP contribution in [0.2, 0.25) is 0 Å². The van der Waals surface area contributed by atoms with Crippen LogP contribution in [0.1, 0.15) is 10.4 Å². The predicted octanol–water partition coefficient (Wildman–Crippen LogP) is 2.81. The van der Waals surface area contributed by atoms with Gasteiger partial charge in [0.1, 0.15) is 5.56 Å². The number of ether oxygens (including phenoxy) is 3. The van der Waals surface area contributed by atoms with Crippen molar-refractivity contribution >= 4 is 22.5 Å². The Hall–Kier alpha value is -3.48. The number of aromatic nitrogens is 1. The zero-order valence-corrected chi connectivity index (χ0v) is 14.6. The molecule has 1 aromatic heterocycles. The molecule has 2 aromatic carbocycles. The van der Waals surface area contributed by atoms with Crippen molar-refractivity contribution in [2.75, 3.05) is 26.6 Å². The SMILES string of the molecule is COc1cc(NC(=O)c2c[nH]c3ccccc3c2=O)cc(OC)c1OC. The normalized spacial score (nSPS) is 10.4. The lowest BCUT2D eigenvalue weighted by Crippen LogP contribution is -2.22. The number of amides is 1. The molecule has 3 aromatic rings. The Morgan fingerprint density at radius 3 is 2.27 bits per heavy atom.